The highest BCUT2D eigenvalue weighted by molar-refractivity contribution is 7.07. The number of carbonyl (C=O) groups excluding carboxylic acids is 1. The van der Waals surface area contributed by atoms with Gasteiger partial charge < -0.3 is 10.1 Å². The van der Waals surface area contributed by atoms with Gasteiger partial charge in [0.25, 0.3) is 11.6 Å². The highest BCUT2D eigenvalue weighted by Crippen LogP contribution is 2.33. The van der Waals surface area contributed by atoms with Crippen molar-refractivity contribution >= 4 is 40.5 Å². The zero-order chi connectivity index (χ0) is 23.5. The van der Waals surface area contributed by atoms with Gasteiger partial charge in [-0.25, -0.2) is 9.67 Å². The number of non-ortho nitro benzene ring substituents is 1. The average molecular weight is 472 g/mol. The Morgan fingerprint density at radius 3 is 2.94 bits per heavy atom. The fourth-order valence-electron chi connectivity index (χ4n) is 3.30. The van der Waals surface area contributed by atoms with Gasteiger partial charge in [0, 0.05) is 34.8 Å². The summed E-state index contributed by atoms with van der Waals surface area (Å²) in [7, 11) is 0. The molecular formula is C23H16N6O4S. The van der Waals surface area contributed by atoms with E-state index in [2.05, 4.69) is 20.4 Å². The molecule has 5 rings (SSSR count). The van der Waals surface area contributed by atoms with E-state index in [1.807, 2.05) is 23.6 Å². The van der Waals surface area contributed by atoms with E-state index in [1.54, 1.807) is 41.3 Å². The quantitative estimate of drug-likeness (QED) is 0.267. The van der Waals surface area contributed by atoms with Crippen LogP contribution in [-0.4, -0.2) is 33.3 Å². The summed E-state index contributed by atoms with van der Waals surface area (Å²) in [6, 6.07) is 15.3. The molecule has 1 amide bonds. The van der Waals surface area contributed by atoms with Gasteiger partial charge in [0.15, 0.2) is 6.61 Å². The maximum Gasteiger partial charge on any atom is 0.270 e. The van der Waals surface area contributed by atoms with E-state index in [1.165, 1.54) is 29.7 Å². The van der Waals surface area contributed by atoms with Crippen molar-refractivity contribution in [2.24, 2.45) is 10.1 Å². The Morgan fingerprint density at radius 2 is 2.12 bits per heavy atom. The van der Waals surface area contributed by atoms with Crippen LogP contribution in [0.2, 0.25) is 0 Å². The number of fused-ring (bicyclic) bond motifs is 1. The first kappa shape index (κ1) is 21.2. The molecule has 168 valence electrons. The molecule has 0 unspecified atom stereocenters. The highest BCUT2D eigenvalue weighted by Gasteiger charge is 2.18. The summed E-state index contributed by atoms with van der Waals surface area (Å²) >= 11 is 1.37. The Balaban J connectivity index is 1.61. The number of nitrogens with zero attached hydrogens (tertiary/aromatic N) is 5. The molecule has 4 aromatic rings. The van der Waals surface area contributed by atoms with Gasteiger partial charge in [-0.1, -0.05) is 12.1 Å². The Labute approximate surface area is 196 Å². The van der Waals surface area contributed by atoms with E-state index in [9.17, 15) is 14.9 Å². The van der Waals surface area contributed by atoms with Crippen LogP contribution in [0.25, 0.3) is 11.3 Å². The van der Waals surface area contributed by atoms with E-state index in [0.29, 0.717) is 27.5 Å². The molecule has 1 N–H and O–H groups in total. The molecule has 0 aliphatic carbocycles. The predicted octanol–water partition coefficient (Wildman–Crippen LogP) is 3.97. The van der Waals surface area contributed by atoms with Crippen LogP contribution in [0.5, 0.6) is 5.75 Å². The van der Waals surface area contributed by atoms with Crippen LogP contribution < -0.4 is 14.9 Å². The molecule has 0 atom stereocenters. The van der Waals surface area contributed by atoms with Crippen LogP contribution in [0.3, 0.4) is 0 Å². The van der Waals surface area contributed by atoms with Crippen molar-refractivity contribution in [2.45, 2.75) is 0 Å². The van der Waals surface area contributed by atoms with Gasteiger partial charge in [-0.05, 0) is 30.3 Å². The second-order valence-corrected chi connectivity index (χ2v) is 8.02. The number of anilines is 1. The molecule has 2 aromatic heterocycles. The standard InChI is InChI=1S/C23H16N6O4S/c30-22-13-33-21-7-6-16(10-19(21)27-22)20-14-34-23(26-17-4-2-8-24-12-17)28(20)25-11-15-3-1-5-18(9-15)29(31)32/h1-12,14H,13H2,(H,27,30). The summed E-state index contributed by atoms with van der Waals surface area (Å²) in [5.74, 6) is 0.365. The molecule has 10 nitrogen and oxygen atoms in total. The van der Waals surface area contributed by atoms with Crippen LogP contribution in [0.15, 0.2) is 82.5 Å². The van der Waals surface area contributed by atoms with Crippen LogP contribution in [0.4, 0.5) is 17.1 Å². The van der Waals surface area contributed by atoms with Gasteiger partial charge in [-0.15, -0.1) is 11.3 Å². The van der Waals surface area contributed by atoms with Crippen LogP contribution >= 0.6 is 11.3 Å². The highest BCUT2D eigenvalue weighted by atomic mass is 32.1. The molecule has 0 fully saturated rings. The number of thiazole rings is 1. The zero-order valence-corrected chi connectivity index (χ0v) is 18.3. The fraction of sp³-hybridized carbons (Fsp3) is 0.0435. The van der Waals surface area contributed by atoms with Crippen molar-refractivity contribution in [3.63, 3.8) is 0 Å². The molecule has 1 aliphatic heterocycles. The molecule has 0 bridgehead atoms. The molecule has 0 saturated carbocycles. The number of nitrogens with one attached hydrogen (secondary N) is 1. The van der Waals surface area contributed by atoms with Crippen LogP contribution in [0.1, 0.15) is 5.56 Å². The Bertz CT molecular complexity index is 1490. The molecule has 2 aromatic carbocycles. The Morgan fingerprint density at radius 1 is 1.21 bits per heavy atom. The maximum absolute atomic E-state index is 11.8. The van der Waals surface area contributed by atoms with Crippen molar-refractivity contribution in [2.75, 3.05) is 11.9 Å². The number of nitro benzene ring substituents is 1. The summed E-state index contributed by atoms with van der Waals surface area (Å²) in [5, 5.41) is 20.4. The molecule has 3 heterocycles. The lowest BCUT2D eigenvalue weighted by atomic mass is 10.1. The molecular weight excluding hydrogens is 456 g/mol. The summed E-state index contributed by atoms with van der Waals surface area (Å²) in [6.07, 6.45) is 4.84. The largest absolute Gasteiger partial charge is 0.482 e. The molecule has 0 spiro atoms. The molecule has 1 aliphatic rings. The summed E-state index contributed by atoms with van der Waals surface area (Å²) < 4.78 is 7.09. The number of aromatic nitrogens is 2. The number of nitro groups is 1. The summed E-state index contributed by atoms with van der Waals surface area (Å²) in [6.45, 7) is -0.0214. The van der Waals surface area contributed by atoms with Gasteiger partial charge in [0.2, 0.25) is 4.80 Å². The number of ether oxygens (including phenoxy) is 1. The normalized spacial score (nSPS) is 13.4. The lowest BCUT2D eigenvalue weighted by Gasteiger charge is -2.18. The number of pyridine rings is 1. The number of hydrogen-bond acceptors (Lipinski definition) is 8. The number of amides is 1. The average Bonchev–Trinajstić information content (AvgIpc) is 3.25. The number of rotatable bonds is 5. The molecule has 34 heavy (non-hydrogen) atoms. The predicted molar refractivity (Wildman–Crippen MR) is 127 cm³/mol. The Kier molecular flexibility index (Phi) is 5.67. The van der Waals surface area contributed by atoms with E-state index < -0.39 is 4.92 Å². The monoisotopic (exact) mass is 472 g/mol. The molecule has 0 radical (unpaired) electrons. The van der Waals surface area contributed by atoms with Gasteiger partial charge in [-0.3, -0.25) is 19.9 Å². The van der Waals surface area contributed by atoms with Crippen molar-refractivity contribution < 1.29 is 14.5 Å². The van der Waals surface area contributed by atoms with Crippen molar-refractivity contribution in [3.8, 4) is 17.0 Å². The van der Waals surface area contributed by atoms with Crippen LogP contribution in [-0.2, 0) is 4.79 Å². The third kappa shape index (κ3) is 4.45. The van der Waals surface area contributed by atoms with Crippen LogP contribution in [0, 0.1) is 10.1 Å². The molecule has 11 heteroatoms. The topological polar surface area (TPSA) is 124 Å². The number of hydrogen-bond donors (Lipinski definition) is 1. The maximum atomic E-state index is 11.8. The minimum atomic E-state index is -0.451. The number of benzene rings is 2. The minimum absolute atomic E-state index is 0.0214. The van der Waals surface area contributed by atoms with Gasteiger partial charge in [0.05, 0.1) is 34.4 Å². The first-order valence-corrected chi connectivity index (χ1v) is 11.0. The summed E-state index contributed by atoms with van der Waals surface area (Å²) in [5.41, 5.74) is 3.27. The van der Waals surface area contributed by atoms with E-state index in [0.717, 1.165) is 11.3 Å². The summed E-state index contributed by atoms with van der Waals surface area (Å²) in [4.78, 5) is 31.7. The lowest BCUT2D eigenvalue weighted by Crippen LogP contribution is -2.25. The van der Waals surface area contributed by atoms with E-state index in [-0.39, 0.29) is 18.2 Å². The minimum Gasteiger partial charge on any atom is -0.482 e. The number of carbonyl (C=O) groups is 1. The first-order valence-electron chi connectivity index (χ1n) is 10.1. The van der Waals surface area contributed by atoms with Crippen molar-refractivity contribution in [1.82, 2.24) is 9.66 Å². The smallest absolute Gasteiger partial charge is 0.270 e. The van der Waals surface area contributed by atoms with Gasteiger partial charge in [-0.2, -0.15) is 5.10 Å². The second kappa shape index (κ2) is 9.08. The third-order valence-corrected chi connectivity index (χ3v) is 5.68. The van der Waals surface area contributed by atoms with Gasteiger partial charge in [0.1, 0.15) is 5.75 Å². The van der Waals surface area contributed by atoms with E-state index >= 15 is 0 Å². The van der Waals surface area contributed by atoms with E-state index in [4.69, 9.17) is 4.74 Å². The Hall–Kier alpha value is -4.64. The third-order valence-electron chi connectivity index (χ3n) is 4.87. The lowest BCUT2D eigenvalue weighted by molar-refractivity contribution is -0.384. The van der Waals surface area contributed by atoms with Crippen molar-refractivity contribution in [1.29, 1.82) is 0 Å². The fourth-order valence-corrected chi connectivity index (χ4v) is 4.16. The van der Waals surface area contributed by atoms with Gasteiger partial charge >= 0.3 is 0 Å². The molecule has 0 saturated heterocycles. The van der Waals surface area contributed by atoms with Crippen molar-refractivity contribution in [3.05, 3.63) is 92.9 Å². The zero-order valence-electron chi connectivity index (χ0n) is 17.5. The second-order valence-electron chi connectivity index (χ2n) is 7.18. The first-order chi connectivity index (χ1) is 16.6. The SMILES string of the molecule is O=C1COc2ccc(-c3csc(=Nc4cccnc4)n3N=Cc3cccc([N+](=O)[O-])c3)cc2N1.